The van der Waals surface area contributed by atoms with Gasteiger partial charge in [0.25, 0.3) is 0 Å². The highest BCUT2D eigenvalue weighted by molar-refractivity contribution is 8.93. The van der Waals surface area contributed by atoms with Crippen molar-refractivity contribution in [2.45, 2.75) is 47.5 Å². The number of hydrogen-bond donors (Lipinski definition) is 4. The normalized spacial score (nSPS) is 9.00. The van der Waals surface area contributed by atoms with Crippen LogP contribution in [0.3, 0.4) is 0 Å². The van der Waals surface area contributed by atoms with Gasteiger partial charge in [-0.1, -0.05) is 28.2 Å². The van der Waals surface area contributed by atoms with E-state index in [0.717, 1.165) is 58.3 Å². The average Bonchev–Trinajstić information content (AvgIpc) is 2.39. The highest BCUT2D eigenvalue weighted by Crippen LogP contribution is 1.86. The van der Waals surface area contributed by atoms with Crippen LogP contribution in [0.15, 0.2) is 0 Å². The van der Waals surface area contributed by atoms with Crippen LogP contribution in [0.2, 0.25) is 0 Å². The highest BCUT2D eigenvalue weighted by Gasteiger charge is 1.93. The molecule has 0 unspecified atom stereocenters. The second-order valence-electron chi connectivity index (χ2n) is 5.51. The molecule has 0 bridgehead atoms. The maximum Gasteiger partial charge on any atom is -0.00258 e. The van der Waals surface area contributed by atoms with Gasteiger partial charge in [-0.05, 0) is 77.5 Å². The van der Waals surface area contributed by atoms with Crippen molar-refractivity contribution >= 4 is 67.9 Å². The number of halogens is 4. The van der Waals surface area contributed by atoms with Crippen molar-refractivity contribution in [2.75, 3.05) is 52.4 Å². The summed E-state index contributed by atoms with van der Waals surface area (Å²) in [6, 6.07) is 0. The van der Waals surface area contributed by atoms with Crippen molar-refractivity contribution in [1.82, 2.24) is 21.3 Å². The summed E-state index contributed by atoms with van der Waals surface area (Å²) in [6.45, 7) is 15.6. The minimum Gasteiger partial charge on any atom is -0.317 e. The van der Waals surface area contributed by atoms with Gasteiger partial charge in [-0.15, -0.1) is 67.9 Å². The molecule has 0 aliphatic carbocycles. The lowest BCUT2D eigenvalue weighted by Crippen LogP contribution is -2.27. The molecule has 0 aromatic carbocycles. The molecule has 0 aliphatic heterocycles. The Balaban J connectivity index is -0.000000162. The predicted molar refractivity (Wildman–Crippen MR) is 134 cm³/mol. The summed E-state index contributed by atoms with van der Waals surface area (Å²) in [5.41, 5.74) is 0. The van der Waals surface area contributed by atoms with E-state index in [1.165, 1.54) is 19.3 Å². The third-order valence-electron chi connectivity index (χ3n) is 2.92. The quantitative estimate of drug-likeness (QED) is 0.210. The van der Waals surface area contributed by atoms with Gasteiger partial charge < -0.3 is 21.3 Å². The summed E-state index contributed by atoms with van der Waals surface area (Å²) < 4.78 is 0. The second-order valence-corrected chi connectivity index (χ2v) is 5.51. The lowest BCUT2D eigenvalue weighted by molar-refractivity contribution is 0.523. The predicted octanol–water partition coefficient (Wildman–Crippen LogP) is 4.14. The Morgan fingerprint density at radius 1 is 0.583 bits per heavy atom. The van der Waals surface area contributed by atoms with Gasteiger partial charge in [0.15, 0.2) is 0 Å². The highest BCUT2D eigenvalue weighted by atomic mass is 79.9. The van der Waals surface area contributed by atoms with E-state index in [1.807, 2.05) is 0 Å². The van der Waals surface area contributed by atoms with E-state index < -0.39 is 0 Å². The molecular weight excluding hydrogens is 568 g/mol. The smallest absolute Gasteiger partial charge is 0.00258 e. The topological polar surface area (TPSA) is 48.1 Å². The molecule has 0 aromatic rings. The van der Waals surface area contributed by atoms with E-state index in [-0.39, 0.29) is 75.4 Å². The standard InChI is InChI=1S/C15H36N4.CH4.4BrH/c1-4-16-8-5-9-17-10-6-11-18-12-7-13-19-14-15(2)3;;;;;/h15-19H,4-14H2,1-3H3;1H4;4*1H. The maximum absolute atomic E-state index is 3.49. The van der Waals surface area contributed by atoms with Gasteiger partial charge in [-0.25, -0.2) is 0 Å². The van der Waals surface area contributed by atoms with Crippen LogP contribution >= 0.6 is 67.9 Å². The SMILES string of the molecule is Br.Br.Br.Br.C.CCNCCCNCCCNCCCNCC(C)C. The second kappa shape index (κ2) is 35.8. The molecule has 0 atom stereocenters. The molecule has 4 nitrogen and oxygen atoms in total. The summed E-state index contributed by atoms with van der Waals surface area (Å²) in [7, 11) is 0. The van der Waals surface area contributed by atoms with Crippen molar-refractivity contribution in [3.05, 3.63) is 0 Å². The molecule has 24 heavy (non-hydrogen) atoms. The molecule has 156 valence electrons. The lowest BCUT2D eigenvalue weighted by Gasteiger charge is -2.08. The van der Waals surface area contributed by atoms with E-state index in [1.54, 1.807) is 0 Å². The molecule has 0 aromatic heterocycles. The first-order valence-electron chi connectivity index (χ1n) is 8.10. The Bertz CT molecular complexity index is 178. The largest absolute Gasteiger partial charge is 0.317 e. The van der Waals surface area contributed by atoms with Gasteiger partial charge in [0.05, 0.1) is 0 Å². The molecule has 0 fully saturated rings. The fourth-order valence-electron chi connectivity index (χ4n) is 1.83. The van der Waals surface area contributed by atoms with Gasteiger partial charge in [0, 0.05) is 0 Å². The monoisotopic (exact) mass is 608 g/mol. The molecule has 0 radical (unpaired) electrons. The van der Waals surface area contributed by atoms with Crippen LogP contribution in [-0.2, 0) is 0 Å². The fraction of sp³-hybridized carbons (Fsp3) is 1.00. The molecule has 0 saturated carbocycles. The number of rotatable bonds is 15. The van der Waals surface area contributed by atoms with E-state index in [2.05, 4.69) is 42.0 Å². The van der Waals surface area contributed by atoms with Crippen molar-refractivity contribution in [3.63, 3.8) is 0 Å². The Hall–Kier alpha value is 1.76. The molecule has 8 heteroatoms. The van der Waals surface area contributed by atoms with Crippen LogP contribution in [0.25, 0.3) is 0 Å². The van der Waals surface area contributed by atoms with Crippen molar-refractivity contribution in [1.29, 1.82) is 0 Å². The summed E-state index contributed by atoms with van der Waals surface area (Å²) in [5.74, 6) is 0.756. The molecule has 0 amide bonds. The van der Waals surface area contributed by atoms with Gasteiger partial charge >= 0.3 is 0 Å². The zero-order chi connectivity index (χ0) is 14.2. The van der Waals surface area contributed by atoms with Crippen LogP contribution in [0.1, 0.15) is 47.5 Å². The van der Waals surface area contributed by atoms with Crippen molar-refractivity contribution in [3.8, 4) is 0 Å². The van der Waals surface area contributed by atoms with E-state index in [0.29, 0.717) is 0 Å². The molecular formula is C16H44Br4N4. The third kappa shape index (κ3) is 39.0. The molecule has 0 rings (SSSR count). The van der Waals surface area contributed by atoms with Crippen LogP contribution in [-0.4, -0.2) is 52.4 Å². The fourth-order valence-corrected chi connectivity index (χ4v) is 1.83. The third-order valence-corrected chi connectivity index (χ3v) is 2.92. The average molecular weight is 612 g/mol. The van der Waals surface area contributed by atoms with Gasteiger partial charge in [-0.3, -0.25) is 0 Å². The minimum atomic E-state index is 0. The molecule has 0 saturated heterocycles. The molecule has 4 N–H and O–H groups in total. The summed E-state index contributed by atoms with van der Waals surface area (Å²) in [4.78, 5) is 0. The van der Waals surface area contributed by atoms with E-state index in [4.69, 9.17) is 0 Å². The van der Waals surface area contributed by atoms with Crippen LogP contribution in [0, 0.1) is 5.92 Å². The van der Waals surface area contributed by atoms with Crippen LogP contribution in [0.5, 0.6) is 0 Å². The molecule has 0 aliphatic rings. The summed E-state index contributed by atoms with van der Waals surface area (Å²) in [5, 5.41) is 13.8. The zero-order valence-corrected chi connectivity index (χ0v) is 21.8. The maximum atomic E-state index is 3.49. The Labute approximate surface area is 193 Å². The lowest BCUT2D eigenvalue weighted by atomic mass is 10.2. The van der Waals surface area contributed by atoms with Gasteiger partial charge in [0.2, 0.25) is 0 Å². The van der Waals surface area contributed by atoms with Gasteiger partial charge in [-0.2, -0.15) is 0 Å². The first kappa shape index (κ1) is 40.4. The Morgan fingerprint density at radius 2 is 0.917 bits per heavy atom. The van der Waals surface area contributed by atoms with Gasteiger partial charge in [0.1, 0.15) is 0 Å². The zero-order valence-electron chi connectivity index (χ0n) is 15.0. The molecule has 0 heterocycles. The number of hydrogen-bond acceptors (Lipinski definition) is 4. The summed E-state index contributed by atoms with van der Waals surface area (Å²) >= 11 is 0. The van der Waals surface area contributed by atoms with Crippen molar-refractivity contribution in [2.24, 2.45) is 5.92 Å². The summed E-state index contributed by atoms with van der Waals surface area (Å²) in [6.07, 6.45) is 3.67. The van der Waals surface area contributed by atoms with Crippen LogP contribution in [0.4, 0.5) is 0 Å². The molecule has 0 spiro atoms. The van der Waals surface area contributed by atoms with Crippen molar-refractivity contribution < 1.29 is 0 Å². The minimum absolute atomic E-state index is 0. The first-order valence-corrected chi connectivity index (χ1v) is 8.10. The van der Waals surface area contributed by atoms with E-state index >= 15 is 0 Å². The van der Waals surface area contributed by atoms with E-state index in [9.17, 15) is 0 Å². The number of nitrogens with one attached hydrogen (secondary N) is 4. The Morgan fingerprint density at radius 3 is 1.25 bits per heavy atom. The first-order chi connectivity index (χ1) is 9.27. The Kier molecular flexibility index (Phi) is 60.3. The van der Waals surface area contributed by atoms with Crippen LogP contribution < -0.4 is 21.3 Å².